The summed E-state index contributed by atoms with van der Waals surface area (Å²) in [6.07, 6.45) is 2.17. The van der Waals surface area contributed by atoms with Gasteiger partial charge in [-0.05, 0) is 31.9 Å². The van der Waals surface area contributed by atoms with Crippen LogP contribution in [0.1, 0.15) is 24.2 Å². The zero-order chi connectivity index (χ0) is 11.6. The molecule has 1 saturated carbocycles. The molecule has 0 amide bonds. The fourth-order valence-electron chi connectivity index (χ4n) is 1.75. The zero-order valence-corrected chi connectivity index (χ0v) is 9.53. The van der Waals surface area contributed by atoms with Gasteiger partial charge in [-0.1, -0.05) is 0 Å². The van der Waals surface area contributed by atoms with Crippen molar-refractivity contribution >= 4 is 0 Å². The molecule has 1 aliphatic rings. The molecule has 0 aromatic carbocycles. The highest BCUT2D eigenvalue weighted by molar-refractivity contribution is 5.27. The van der Waals surface area contributed by atoms with Gasteiger partial charge in [0.15, 0.2) is 0 Å². The van der Waals surface area contributed by atoms with Crippen LogP contribution < -0.4 is 5.32 Å². The van der Waals surface area contributed by atoms with Crippen molar-refractivity contribution in [2.45, 2.75) is 26.3 Å². The maximum atomic E-state index is 9.59. The van der Waals surface area contributed by atoms with Crippen LogP contribution in [0.5, 0.6) is 5.75 Å². The number of aliphatic hydroxyl groups is 1. The summed E-state index contributed by atoms with van der Waals surface area (Å²) >= 11 is 0. The molecule has 1 aromatic rings. The lowest BCUT2D eigenvalue weighted by atomic mass is 10.1. The number of nitrogens with zero attached hydrogens (tertiary/aromatic N) is 1. The number of pyridine rings is 1. The maximum Gasteiger partial charge on any atom is 0.138 e. The smallest absolute Gasteiger partial charge is 0.138 e. The summed E-state index contributed by atoms with van der Waals surface area (Å²) in [4.78, 5) is 4.26. The van der Waals surface area contributed by atoms with E-state index in [0.29, 0.717) is 12.2 Å². The van der Waals surface area contributed by atoms with Crippen molar-refractivity contribution in [1.82, 2.24) is 10.3 Å². The Morgan fingerprint density at radius 2 is 2.19 bits per heavy atom. The van der Waals surface area contributed by atoms with Gasteiger partial charge < -0.3 is 15.5 Å². The quantitative estimate of drug-likeness (QED) is 0.694. The van der Waals surface area contributed by atoms with Crippen molar-refractivity contribution in [3.05, 3.63) is 23.5 Å². The fraction of sp³-hybridized carbons (Fsp3) is 0.583. The van der Waals surface area contributed by atoms with E-state index in [4.69, 9.17) is 5.11 Å². The summed E-state index contributed by atoms with van der Waals surface area (Å²) in [5, 5.41) is 22.0. The van der Waals surface area contributed by atoms with Crippen molar-refractivity contribution in [1.29, 1.82) is 0 Å². The van der Waals surface area contributed by atoms with Crippen LogP contribution in [0.25, 0.3) is 0 Å². The van der Waals surface area contributed by atoms with Crippen LogP contribution in [0, 0.1) is 12.3 Å². The molecule has 4 heteroatoms. The molecule has 0 spiro atoms. The molecule has 4 nitrogen and oxygen atoms in total. The molecule has 0 atom stereocenters. The minimum absolute atomic E-state index is 0.0967. The van der Waals surface area contributed by atoms with Crippen LogP contribution in [0.2, 0.25) is 0 Å². The second-order valence-corrected chi connectivity index (χ2v) is 4.68. The molecule has 0 saturated heterocycles. The molecule has 1 aromatic heterocycles. The van der Waals surface area contributed by atoms with Gasteiger partial charge in [0.05, 0.1) is 5.69 Å². The Bertz CT molecular complexity index is 375. The summed E-state index contributed by atoms with van der Waals surface area (Å²) in [6, 6.07) is 3.45. The number of nitrogens with one attached hydrogen (secondary N) is 1. The summed E-state index contributed by atoms with van der Waals surface area (Å²) in [7, 11) is 0. The van der Waals surface area contributed by atoms with E-state index in [1.807, 2.05) is 6.92 Å². The third-order valence-corrected chi connectivity index (χ3v) is 3.17. The normalized spacial score (nSPS) is 17.4. The number of rotatable bonds is 5. The van der Waals surface area contributed by atoms with E-state index in [0.717, 1.165) is 25.1 Å². The summed E-state index contributed by atoms with van der Waals surface area (Å²) in [6.45, 7) is 3.49. The highest BCUT2D eigenvalue weighted by atomic mass is 16.3. The molecule has 0 aliphatic heterocycles. The predicted molar refractivity (Wildman–Crippen MR) is 61.1 cm³/mol. The topological polar surface area (TPSA) is 65.4 Å². The monoisotopic (exact) mass is 222 g/mol. The van der Waals surface area contributed by atoms with Gasteiger partial charge in [0.2, 0.25) is 0 Å². The molecule has 0 bridgehead atoms. The van der Waals surface area contributed by atoms with Crippen LogP contribution in [0.3, 0.4) is 0 Å². The van der Waals surface area contributed by atoms with Crippen molar-refractivity contribution in [3.63, 3.8) is 0 Å². The van der Waals surface area contributed by atoms with Gasteiger partial charge in [0.25, 0.3) is 0 Å². The summed E-state index contributed by atoms with van der Waals surface area (Å²) in [5.74, 6) is 0.229. The van der Waals surface area contributed by atoms with Gasteiger partial charge >= 0.3 is 0 Å². The van der Waals surface area contributed by atoms with Gasteiger partial charge in [-0.25, -0.2) is 0 Å². The SMILES string of the molecule is Cc1ccc(O)c(CNCC2(CO)CC2)n1. The Kier molecular flexibility index (Phi) is 3.12. The second kappa shape index (κ2) is 4.39. The molecule has 1 fully saturated rings. The largest absolute Gasteiger partial charge is 0.506 e. The van der Waals surface area contributed by atoms with Crippen molar-refractivity contribution in [2.75, 3.05) is 13.2 Å². The Morgan fingerprint density at radius 3 is 2.81 bits per heavy atom. The zero-order valence-electron chi connectivity index (χ0n) is 9.53. The van der Waals surface area contributed by atoms with E-state index >= 15 is 0 Å². The lowest BCUT2D eigenvalue weighted by Crippen LogP contribution is -2.26. The first kappa shape index (κ1) is 11.4. The van der Waals surface area contributed by atoms with E-state index < -0.39 is 0 Å². The minimum atomic E-state index is 0.0967. The molecule has 3 N–H and O–H groups in total. The van der Waals surface area contributed by atoms with Gasteiger partial charge in [-0.15, -0.1) is 0 Å². The van der Waals surface area contributed by atoms with E-state index in [1.165, 1.54) is 0 Å². The first-order chi connectivity index (χ1) is 7.65. The average Bonchev–Trinajstić information content (AvgIpc) is 3.04. The van der Waals surface area contributed by atoms with Gasteiger partial charge in [-0.3, -0.25) is 4.98 Å². The summed E-state index contributed by atoms with van der Waals surface area (Å²) in [5.41, 5.74) is 1.67. The first-order valence-electron chi connectivity index (χ1n) is 5.62. The summed E-state index contributed by atoms with van der Waals surface area (Å²) < 4.78 is 0. The van der Waals surface area contributed by atoms with Crippen molar-refractivity contribution < 1.29 is 10.2 Å². The van der Waals surface area contributed by atoms with E-state index in [-0.39, 0.29) is 17.8 Å². The number of hydrogen-bond donors (Lipinski definition) is 3. The molecule has 2 rings (SSSR count). The highest BCUT2D eigenvalue weighted by Gasteiger charge is 2.41. The van der Waals surface area contributed by atoms with Gasteiger partial charge in [0.1, 0.15) is 5.75 Å². The van der Waals surface area contributed by atoms with Crippen LogP contribution >= 0.6 is 0 Å². The standard InChI is InChI=1S/C12H18N2O2/c1-9-2-3-11(16)10(14-9)6-13-7-12(8-15)4-5-12/h2-3,13,15-16H,4-8H2,1H3. The average molecular weight is 222 g/mol. The van der Waals surface area contributed by atoms with Crippen molar-refractivity contribution in [3.8, 4) is 5.75 Å². The van der Waals surface area contributed by atoms with E-state index in [1.54, 1.807) is 12.1 Å². The number of hydrogen-bond acceptors (Lipinski definition) is 4. The molecule has 1 aliphatic carbocycles. The minimum Gasteiger partial charge on any atom is -0.506 e. The fourth-order valence-corrected chi connectivity index (χ4v) is 1.75. The Labute approximate surface area is 95.3 Å². The maximum absolute atomic E-state index is 9.59. The van der Waals surface area contributed by atoms with Crippen LogP contribution in [0.4, 0.5) is 0 Å². The van der Waals surface area contributed by atoms with E-state index in [2.05, 4.69) is 10.3 Å². The predicted octanol–water partition coefficient (Wildman–Crippen LogP) is 0.958. The molecule has 0 unspecified atom stereocenters. The number of aryl methyl sites for hydroxylation is 1. The first-order valence-corrected chi connectivity index (χ1v) is 5.62. The van der Waals surface area contributed by atoms with Crippen LogP contribution in [0.15, 0.2) is 12.1 Å². The molecular formula is C12H18N2O2. The number of aliphatic hydroxyl groups excluding tert-OH is 1. The van der Waals surface area contributed by atoms with Crippen LogP contribution in [-0.2, 0) is 6.54 Å². The Balaban J connectivity index is 1.87. The van der Waals surface area contributed by atoms with Crippen LogP contribution in [-0.4, -0.2) is 28.3 Å². The number of aromatic hydroxyl groups is 1. The molecule has 16 heavy (non-hydrogen) atoms. The lowest BCUT2D eigenvalue weighted by Gasteiger charge is -2.13. The third kappa shape index (κ3) is 2.51. The second-order valence-electron chi connectivity index (χ2n) is 4.68. The third-order valence-electron chi connectivity index (χ3n) is 3.17. The van der Waals surface area contributed by atoms with Gasteiger partial charge in [-0.2, -0.15) is 0 Å². The highest BCUT2D eigenvalue weighted by Crippen LogP contribution is 2.44. The molecule has 88 valence electrons. The Hall–Kier alpha value is -1.13. The molecule has 0 radical (unpaired) electrons. The van der Waals surface area contributed by atoms with E-state index in [9.17, 15) is 5.11 Å². The lowest BCUT2D eigenvalue weighted by molar-refractivity contribution is 0.207. The van der Waals surface area contributed by atoms with Gasteiger partial charge in [0, 0.05) is 30.8 Å². The molecule has 1 heterocycles. The molecular weight excluding hydrogens is 204 g/mol. The van der Waals surface area contributed by atoms with Crippen molar-refractivity contribution in [2.24, 2.45) is 5.41 Å². The number of aromatic nitrogens is 1. The Morgan fingerprint density at radius 1 is 1.44 bits per heavy atom.